The zero-order valence-corrected chi connectivity index (χ0v) is 17.7. The normalized spacial score (nSPS) is 12.4. The van der Waals surface area contributed by atoms with Gasteiger partial charge in [-0.1, -0.05) is 0 Å². The predicted molar refractivity (Wildman–Crippen MR) is 113 cm³/mol. The van der Waals surface area contributed by atoms with Crippen molar-refractivity contribution in [3.8, 4) is 0 Å². The Bertz CT molecular complexity index is 1050. The summed E-state index contributed by atoms with van der Waals surface area (Å²) in [5.74, 6) is -4.52. The third-order valence-electron chi connectivity index (χ3n) is 4.09. The van der Waals surface area contributed by atoms with Crippen LogP contribution in [0.25, 0.3) is 10.2 Å². The van der Waals surface area contributed by atoms with Crippen LogP contribution in [0.1, 0.15) is 12.8 Å². The standard InChI is InChI=1S/C17H21N7O8S/c18-14(16(29)30)22-23-17(31)21-10(15(28)19-6-13(26)27)3-4-12(25)24(32)8-1-2-9-11(5-8)33-7-20-9/h1-2,5,7,10,14,22,32H,3-4,6,18H2,(H,19,28)(H,26,27)(H,29,30)(H2,21,23,31)/t10-,14-/m0/s1. The number of thiazole rings is 1. The molecule has 0 radical (unpaired) electrons. The number of carbonyl (C=O) groups excluding carboxylic acids is 3. The maximum Gasteiger partial charge on any atom is 0.337 e. The Hall–Kier alpha value is -3.86. The van der Waals surface area contributed by atoms with Gasteiger partial charge >= 0.3 is 18.0 Å². The van der Waals surface area contributed by atoms with Crippen molar-refractivity contribution >= 4 is 57.0 Å². The number of carboxylic acid groups (broad SMARTS) is 2. The third kappa shape index (κ3) is 7.65. The fourth-order valence-corrected chi connectivity index (χ4v) is 3.16. The van der Waals surface area contributed by atoms with Gasteiger partial charge in [-0.3, -0.25) is 25.0 Å². The van der Waals surface area contributed by atoms with Crippen molar-refractivity contribution in [3.05, 3.63) is 23.7 Å². The summed E-state index contributed by atoms with van der Waals surface area (Å²) in [5.41, 5.74) is 11.5. The molecule has 9 N–H and O–H groups in total. The average Bonchev–Trinajstić information content (AvgIpc) is 3.25. The van der Waals surface area contributed by atoms with E-state index in [1.807, 2.05) is 10.9 Å². The smallest absolute Gasteiger partial charge is 0.337 e. The van der Waals surface area contributed by atoms with Gasteiger partial charge in [-0.25, -0.2) is 20.0 Å². The lowest BCUT2D eigenvalue weighted by Crippen LogP contribution is -2.58. The molecule has 2 rings (SSSR count). The number of aliphatic carboxylic acids is 2. The van der Waals surface area contributed by atoms with Gasteiger partial charge in [-0.2, -0.15) is 5.06 Å². The van der Waals surface area contributed by atoms with Gasteiger partial charge in [-0.15, -0.1) is 11.3 Å². The van der Waals surface area contributed by atoms with Crippen LogP contribution < -0.4 is 32.3 Å². The van der Waals surface area contributed by atoms with E-state index in [0.29, 0.717) is 10.6 Å². The predicted octanol–water partition coefficient (Wildman–Crippen LogP) is -1.46. The number of benzene rings is 1. The summed E-state index contributed by atoms with van der Waals surface area (Å²) in [4.78, 5) is 62.0. The molecule has 0 saturated heterocycles. The number of carboxylic acids is 2. The van der Waals surface area contributed by atoms with Gasteiger partial charge in [0.05, 0.1) is 21.4 Å². The fraction of sp³-hybridized carbons (Fsp3) is 0.294. The number of nitrogens with one attached hydrogen (secondary N) is 4. The number of nitrogens with two attached hydrogens (primary N) is 1. The molecule has 0 saturated carbocycles. The van der Waals surface area contributed by atoms with Crippen molar-refractivity contribution in [2.75, 3.05) is 11.6 Å². The van der Waals surface area contributed by atoms with E-state index in [1.165, 1.54) is 17.4 Å². The lowest BCUT2D eigenvalue weighted by molar-refractivity contribution is -0.139. The van der Waals surface area contributed by atoms with Crippen molar-refractivity contribution < 1.29 is 39.4 Å². The molecule has 33 heavy (non-hydrogen) atoms. The minimum Gasteiger partial charge on any atom is -0.480 e. The van der Waals surface area contributed by atoms with Crippen LogP contribution >= 0.6 is 11.3 Å². The summed E-state index contributed by atoms with van der Waals surface area (Å²) in [6.07, 6.45) is -2.36. The number of anilines is 1. The second-order valence-electron chi connectivity index (χ2n) is 6.47. The van der Waals surface area contributed by atoms with Gasteiger partial charge in [-0.05, 0) is 24.6 Å². The van der Waals surface area contributed by atoms with E-state index in [1.54, 1.807) is 17.6 Å². The zero-order chi connectivity index (χ0) is 24.5. The van der Waals surface area contributed by atoms with E-state index in [-0.39, 0.29) is 12.1 Å². The Balaban J connectivity index is 2.00. The molecule has 1 heterocycles. The van der Waals surface area contributed by atoms with Gasteiger partial charge in [0.25, 0.3) is 5.91 Å². The first kappa shape index (κ1) is 25.4. The summed E-state index contributed by atoms with van der Waals surface area (Å²) in [6.45, 7) is -0.740. The van der Waals surface area contributed by atoms with Crippen LogP contribution in [0.5, 0.6) is 0 Å². The van der Waals surface area contributed by atoms with Crippen LogP contribution in [-0.2, 0) is 19.2 Å². The van der Waals surface area contributed by atoms with Crippen molar-refractivity contribution in [1.82, 2.24) is 26.5 Å². The maximum absolute atomic E-state index is 12.4. The number of hydroxylamine groups is 1. The highest BCUT2D eigenvalue weighted by molar-refractivity contribution is 7.16. The quantitative estimate of drug-likeness (QED) is 0.104. The largest absolute Gasteiger partial charge is 0.480 e. The number of urea groups is 1. The molecule has 0 unspecified atom stereocenters. The maximum atomic E-state index is 12.4. The number of rotatable bonds is 11. The zero-order valence-electron chi connectivity index (χ0n) is 16.8. The Kier molecular flexibility index (Phi) is 8.98. The lowest BCUT2D eigenvalue weighted by atomic mass is 10.1. The van der Waals surface area contributed by atoms with Gasteiger partial charge in [0, 0.05) is 6.42 Å². The number of hydrogen-bond acceptors (Lipinski definition) is 10. The Morgan fingerprint density at radius 2 is 1.91 bits per heavy atom. The number of aromatic nitrogens is 1. The monoisotopic (exact) mass is 483 g/mol. The number of hydrogen-bond donors (Lipinski definition) is 8. The SMILES string of the molecule is N[C@@H](NNC(=O)N[C@@H](CCC(=O)N(O)c1ccc2ncsc2c1)C(=O)NCC(=O)O)C(=O)O. The van der Waals surface area contributed by atoms with Crippen LogP contribution in [0.3, 0.4) is 0 Å². The highest BCUT2D eigenvalue weighted by Gasteiger charge is 2.24. The summed E-state index contributed by atoms with van der Waals surface area (Å²) in [6, 6.07) is 2.17. The molecule has 1 aromatic heterocycles. The van der Waals surface area contributed by atoms with E-state index in [0.717, 1.165) is 4.70 Å². The third-order valence-corrected chi connectivity index (χ3v) is 4.88. The molecule has 0 aliphatic heterocycles. The molecule has 0 bridgehead atoms. The topological polar surface area (TPSA) is 236 Å². The van der Waals surface area contributed by atoms with Crippen molar-refractivity contribution in [2.24, 2.45) is 5.73 Å². The number of fused-ring (bicyclic) bond motifs is 1. The number of nitrogens with zero attached hydrogens (tertiary/aromatic N) is 2. The molecule has 15 nitrogen and oxygen atoms in total. The molecule has 0 fully saturated rings. The van der Waals surface area contributed by atoms with Crippen LogP contribution in [0, 0.1) is 0 Å². The number of hydrazine groups is 1. The van der Waals surface area contributed by atoms with Crippen LogP contribution in [-0.4, -0.2) is 68.9 Å². The first-order valence-electron chi connectivity index (χ1n) is 9.23. The van der Waals surface area contributed by atoms with E-state index < -0.39 is 55.0 Å². The molecule has 4 amide bonds. The molecule has 0 aliphatic rings. The van der Waals surface area contributed by atoms with Gasteiger partial charge in [0.2, 0.25) is 5.91 Å². The number of amides is 4. The Morgan fingerprint density at radius 1 is 1.18 bits per heavy atom. The number of carbonyl (C=O) groups is 5. The fourth-order valence-electron chi connectivity index (χ4n) is 2.45. The highest BCUT2D eigenvalue weighted by Crippen LogP contribution is 2.24. The molecule has 0 aliphatic carbocycles. The molecule has 178 valence electrons. The first-order valence-corrected chi connectivity index (χ1v) is 10.1. The lowest BCUT2D eigenvalue weighted by Gasteiger charge is -2.20. The Morgan fingerprint density at radius 3 is 2.58 bits per heavy atom. The summed E-state index contributed by atoms with van der Waals surface area (Å²) >= 11 is 1.31. The summed E-state index contributed by atoms with van der Waals surface area (Å²) < 4.78 is 0.732. The van der Waals surface area contributed by atoms with Gasteiger partial charge < -0.3 is 26.6 Å². The van der Waals surface area contributed by atoms with E-state index in [4.69, 9.17) is 15.9 Å². The van der Waals surface area contributed by atoms with Crippen LogP contribution in [0.15, 0.2) is 23.7 Å². The van der Waals surface area contributed by atoms with E-state index in [2.05, 4.69) is 15.6 Å². The molecular weight excluding hydrogens is 462 g/mol. The second kappa shape index (κ2) is 11.7. The van der Waals surface area contributed by atoms with Crippen LogP contribution in [0.2, 0.25) is 0 Å². The average molecular weight is 483 g/mol. The van der Waals surface area contributed by atoms with Crippen molar-refractivity contribution in [2.45, 2.75) is 25.0 Å². The summed E-state index contributed by atoms with van der Waals surface area (Å²) in [7, 11) is 0. The van der Waals surface area contributed by atoms with Gasteiger partial charge in [0.1, 0.15) is 12.6 Å². The van der Waals surface area contributed by atoms with Crippen molar-refractivity contribution in [3.63, 3.8) is 0 Å². The highest BCUT2D eigenvalue weighted by atomic mass is 32.1. The molecular formula is C17H21N7O8S. The summed E-state index contributed by atoms with van der Waals surface area (Å²) in [5, 5.41) is 32.2. The van der Waals surface area contributed by atoms with Crippen molar-refractivity contribution in [1.29, 1.82) is 0 Å². The molecule has 1 aromatic carbocycles. The van der Waals surface area contributed by atoms with E-state index >= 15 is 0 Å². The van der Waals surface area contributed by atoms with Crippen LogP contribution in [0.4, 0.5) is 10.5 Å². The second-order valence-corrected chi connectivity index (χ2v) is 7.36. The molecule has 0 spiro atoms. The van der Waals surface area contributed by atoms with E-state index in [9.17, 15) is 29.2 Å². The minimum absolute atomic E-state index is 0.168. The molecule has 2 atom stereocenters. The first-order chi connectivity index (χ1) is 15.6. The Labute approximate surface area is 189 Å². The van der Waals surface area contributed by atoms with Gasteiger partial charge in [0.15, 0.2) is 6.17 Å². The molecule has 2 aromatic rings. The minimum atomic E-state index is -1.63. The molecule has 16 heteroatoms.